The highest BCUT2D eigenvalue weighted by molar-refractivity contribution is 7.99. The van der Waals surface area contributed by atoms with Gasteiger partial charge in [-0.25, -0.2) is 4.98 Å². The third kappa shape index (κ3) is 3.89. The molecule has 0 N–H and O–H groups in total. The van der Waals surface area contributed by atoms with Gasteiger partial charge in [0.15, 0.2) is 5.16 Å². The minimum atomic E-state index is 0.0342. The van der Waals surface area contributed by atoms with Crippen LogP contribution in [-0.2, 0) is 35.3 Å². The molecule has 1 aliphatic carbocycles. The second-order valence-corrected chi connectivity index (χ2v) is 11.6. The van der Waals surface area contributed by atoms with Crippen molar-refractivity contribution >= 4 is 44.9 Å². The number of fused-ring (bicyclic) bond motifs is 4. The van der Waals surface area contributed by atoms with Crippen molar-refractivity contribution in [3.8, 4) is 0 Å². The van der Waals surface area contributed by atoms with Gasteiger partial charge < -0.3 is 9.64 Å². The summed E-state index contributed by atoms with van der Waals surface area (Å²) in [6.07, 6.45) is 7.19. The van der Waals surface area contributed by atoms with Crippen LogP contribution in [-0.4, -0.2) is 40.0 Å². The van der Waals surface area contributed by atoms with Gasteiger partial charge in [-0.05, 0) is 69.1 Å². The zero-order chi connectivity index (χ0) is 23.2. The molecule has 3 aromatic rings. The zero-order valence-corrected chi connectivity index (χ0v) is 21.1. The van der Waals surface area contributed by atoms with Crippen molar-refractivity contribution in [3.05, 3.63) is 50.6 Å². The van der Waals surface area contributed by atoms with Crippen LogP contribution < -0.4 is 10.5 Å². The van der Waals surface area contributed by atoms with Crippen molar-refractivity contribution in [2.75, 3.05) is 17.3 Å². The number of benzene rings is 1. The van der Waals surface area contributed by atoms with E-state index in [2.05, 4.69) is 13.0 Å². The van der Waals surface area contributed by atoms with Gasteiger partial charge in [-0.3, -0.25) is 14.2 Å². The van der Waals surface area contributed by atoms with Crippen LogP contribution in [0.2, 0.25) is 0 Å². The fourth-order valence-corrected chi connectivity index (χ4v) is 7.79. The van der Waals surface area contributed by atoms with Crippen molar-refractivity contribution in [2.45, 2.75) is 75.7 Å². The molecule has 0 spiro atoms. The first-order chi connectivity index (χ1) is 16.6. The number of carbonyl (C=O) groups excluding carboxylic acids is 1. The summed E-state index contributed by atoms with van der Waals surface area (Å²) in [4.78, 5) is 36.1. The second-order valence-electron chi connectivity index (χ2n) is 9.57. The number of thioether (sulfide) groups is 1. The Morgan fingerprint density at radius 2 is 2.09 bits per heavy atom. The molecule has 178 valence electrons. The average molecular weight is 496 g/mol. The van der Waals surface area contributed by atoms with Crippen LogP contribution in [0.15, 0.2) is 34.2 Å². The fraction of sp³-hybridized carbons (Fsp3) is 0.500. The molecule has 2 aromatic heterocycles. The van der Waals surface area contributed by atoms with Crippen molar-refractivity contribution in [2.24, 2.45) is 0 Å². The number of nitrogens with zero attached hydrogens (tertiary/aromatic N) is 3. The number of aryl methyl sites for hydroxylation is 2. The number of anilines is 1. The number of rotatable bonds is 5. The van der Waals surface area contributed by atoms with Crippen molar-refractivity contribution in [3.63, 3.8) is 0 Å². The highest BCUT2D eigenvalue weighted by Crippen LogP contribution is 2.36. The zero-order valence-electron chi connectivity index (χ0n) is 19.4. The maximum Gasteiger partial charge on any atom is 0.263 e. The molecule has 0 saturated carbocycles. The van der Waals surface area contributed by atoms with Gasteiger partial charge in [-0.1, -0.05) is 30.0 Å². The molecule has 1 saturated heterocycles. The lowest BCUT2D eigenvalue weighted by molar-refractivity contribution is -0.116. The number of thiophene rings is 1. The molecule has 1 aromatic carbocycles. The highest BCUT2D eigenvalue weighted by atomic mass is 32.2. The Kier molecular flexibility index (Phi) is 5.99. The molecule has 1 amide bonds. The van der Waals surface area contributed by atoms with Crippen LogP contribution in [0.4, 0.5) is 5.69 Å². The first-order valence-corrected chi connectivity index (χ1v) is 14.1. The van der Waals surface area contributed by atoms with Crippen molar-refractivity contribution in [1.29, 1.82) is 0 Å². The predicted octanol–water partition coefficient (Wildman–Crippen LogP) is 4.59. The molecular weight excluding hydrogens is 466 g/mol. The summed E-state index contributed by atoms with van der Waals surface area (Å²) < 4.78 is 7.65. The van der Waals surface area contributed by atoms with Crippen LogP contribution in [0.3, 0.4) is 0 Å². The minimum absolute atomic E-state index is 0.0342. The molecular formula is C26H29N3O3S2. The molecule has 2 atom stereocenters. The number of hydrogen-bond acceptors (Lipinski definition) is 6. The molecule has 0 bridgehead atoms. The monoisotopic (exact) mass is 495 g/mol. The first-order valence-electron chi connectivity index (χ1n) is 12.3. The van der Waals surface area contributed by atoms with E-state index >= 15 is 0 Å². The summed E-state index contributed by atoms with van der Waals surface area (Å²) >= 11 is 3.05. The lowest BCUT2D eigenvalue weighted by Gasteiger charge is -2.23. The Balaban J connectivity index is 1.33. The minimum Gasteiger partial charge on any atom is -0.376 e. The number of hydrogen-bond donors (Lipinski definition) is 0. The van der Waals surface area contributed by atoms with Crippen LogP contribution in [0, 0.1) is 0 Å². The third-order valence-corrected chi connectivity index (χ3v) is 9.40. The van der Waals surface area contributed by atoms with E-state index in [9.17, 15) is 9.59 Å². The maximum atomic E-state index is 13.8. The molecule has 0 radical (unpaired) electrons. The van der Waals surface area contributed by atoms with Crippen molar-refractivity contribution in [1.82, 2.24) is 9.55 Å². The van der Waals surface area contributed by atoms with Gasteiger partial charge in [0.05, 0.1) is 23.8 Å². The lowest BCUT2D eigenvalue weighted by Crippen LogP contribution is -2.37. The number of aromatic nitrogens is 2. The Morgan fingerprint density at radius 3 is 2.94 bits per heavy atom. The Labute approximate surface area is 207 Å². The number of para-hydroxylation sites is 1. The van der Waals surface area contributed by atoms with Gasteiger partial charge in [0.2, 0.25) is 5.91 Å². The smallest absolute Gasteiger partial charge is 0.263 e. The summed E-state index contributed by atoms with van der Waals surface area (Å²) in [5.41, 5.74) is 3.47. The maximum absolute atomic E-state index is 13.8. The van der Waals surface area contributed by atoms with Gasteiger partial charge in [0, 0.05) is 23.2 Å². The van der Waals surface area contributed by atoms with E-state index in [0.717, 1.165) is 61.0 Å². The topological polar surface area (TPSA) is 64.4 Å². The van der Waals surface area contributed by atoms with E-state index in [-0.39, 0.29) is 29.4 Å². The van der Waals surface area contributed by atoms with Crippen molar-refractivity contribution < 1.29 is 9.53 Å². The average Bonchev–Trinajstić information content (AvgIpc) is 3.55. The SMILES string of the molecule is CC1Cc2ccccc2N1C(=O)CSc1nc2sc3c(c2c(=O)n1CC1CCCO1)CCCC3. The van der Waals surface area contributed by atoms with Crippen LogP contribution in [0.25, 0.3) is 10.2 Å². The number of carbonyl (C=O) groups is 1. The second kappa shape index (κ2) is 9.13. The molecule has 6 rings (SSSR count). The van der Waals surface area contributed by atoms with Gasteiger partial charge in [0.1, 0.15) is 4.83 Å². The van der Waals surface area contributed by atoms with E-state index in [1.165, 1.54) is 34.2 Å². The molecule has 8 heteroatoms. The van der Waals surface area contributed by atoms with Crippen LogP contribution in [0.5, 0.6) is 0 Å². The van der Waals surface area contributed by atoms with E-state index in [1.54, 1.807) is 15.9 Å². The number of amides is 1. The van der Waals surface area contributed by atoms with Crippen LogP contribution in [0.1, 0.15) is 48.6 Å². The van der Waals surface area contributed by atoms with Gasteiger partial charge in [0.25, 0.3) is 5.56 Å². The number of ether oxygens (including phenoxy) is 1. The van der Waals surface area contributed by atoms with Crippen LogP contribution >= 0.6 is 23.1 Å². The Bertz CT molecular complexity index is 1310. The summed E-state index contributed by atoms with van der Waals surface area (Å²) in [7, 11) is 0. The van der Waals surface area contributed by atoms with E-state index in [0.29, 0.717) is 11.7 Å². The normalized spacial score (nSPS) is 21.7. The third-order valence-electron chi connectivity index (χ3n) is 7.25. The molecule has 4 heterocycles. The predicted molar refractivity (Wildman–Crippen MR) is 137 cm³/mol. The quantitative estimate of drug-likeness (QED) is 0.383. The standard InChI is InChI=1S/C26H29N3O3S2/c1-16-13-17-7-2-4-10-20(17)29(16)22(30)15-33-26-27-24-23(19-9-3-5-11-21(19)34-24)25(31)28(26)14-18-8-6-12-32-18/h2,4,7,10,16,18H,3,5-6,8-9,11-15H2,1H3. The molecule has 2 aliphatic heterocycles. The van der Waals surface area contributed by atoms with Gasteiger partial charge in [-0.15, -0.1) is 11.3 Å². The van der Waals surface area contributed by atoms with E-state index in [1.807, 2.05) is 23.1 Å². The summed E-state index contributed by atoms with van der Waals surface area (Å²) in [6, 6.07) is 8.27. The Hall–Kier alpha value is -2.16. The summed E-state index contributed by atoms with van der Waals surface area (Å²) in [5.74, 6) is 0.318. The fourth-order valence-electron chi connectivity index (χ4n) is 5.62. The molecule has 6 nitrogen and oxygen atoms in total. The van der Waals surface area contributed by atoms with E-state index in [4.69, 9.17) is 9.72 Å². The summed E-state index contributed by atoms with van der Waals surface area (Å²) in [6.45, 7) is 3.35. The van der Waals surface area contributed by atoms with E-state index < -0.39 is 0 Å². The van der Waals surface area contributed by atoms with Gasteiger partial charge in [-0.2, -0.15) is 0 Å². The molecule has 3 aliphatic rings. The largest absolute Gasteiger partial charge is 0.376 e. The van der Waals surface area contributed by atoms with Gasteiger partial charge >= 0.3 is 0 Å². The Morgan fingerprint density at radius 1 is 1.24 bits per heavy atom. The molecule has 34 heavy (non-hydrogen) atoms. The molecule has 2 unspecified atom stereocenters. The lowest BCUT2D eigenvalue weighted by atomic mass is 9.97. The molecule has 1 fully saturated rings. The summed E-state index contributed by atoms with van der Waals surface area (Å²) in [5, 5.41) is 1.44. The first kappa shape index (κ1) is 22.3. The highest BCUT2D eigenvalue weighted by Gasteiger charge is 2.31.